The number of amides is 3. The second-order valence-corrected chi connectivity index (χ2v) is 5.27. The lowest BCUT2D eigenvalue weighted by Crippen LogP contribution is -2.32. The highest BCUT2D eigenvalue weighted by Gasteiger charge is 2.34. The molecule has 0 spiro atoms. The van der Waals surface area contributed by atoms with E-state index in [9.17, 15) is 14.4 Å². The van der Waals surface area contributed by atoms with Crippen molar-refractivity contribution >= 4 is 17.7 Å². The number of hydrogen-bond donors (Lipinski definition) is 1. The fourth-order valence-corrected chi connectivity index (χ4v) is 2.43. The van der Waals surface area contributed by atoms with Crippen molar-refractivity contribution in [3.8, 4) is 12.3 Å². The van der Waals surface area contributed by atoms with Crippen molar-refractivity contribution in [3.05, 3.63) is 41.2 Å². The zero-order valence-electron chi connectivity index (χ0n) is 13.2. The van der Waals surface area contributed by atoms with Crippen LogP contribution in [0.3, 0.4) is 0 Å². The minimum absolute atomic E-state index is 0.109. The van der Waals surface area contributed by atoms with Crippen molar-refractivity contribution in [3.63, 3.8) is 0 Å². The molecule has 0 bridgehead atoms. The zero-order valence-corrected chi connectivity index (χ0v) is 13.2. The largest absolute Gasteiger partial charge is 0.344 e. The molecule has 1 aliphatic heterocycles. The van der Waals surface area contributed by atoms with Gasteiger partial charge in [-0.1, -0.05) is 18.1 Å². The molecule has 9 nitrogen and oxygen atoms in total. The van der Waals surface area contributed by atoms with Crippen molar-refractivity contribution in [2.24, 2.45) is 0 Å². The van der Waals surface area contributed by atoms with Gasteiger partial charge in [-0.2, -0.15) is 4.80 Å². The van der Waals surface area contributed by atoms with Crippen molar-refractivity contribution in [1.29, 1.82) is 0 Å². The summed E-state index contributed by atoms with van der Waals surface area (Å²) in [5.74, 6) is 1.63. The molecule has 1 aromatic carbocycles. The second kappa shape index (κ2) is 6.92. The minimum Gasteiger partial charge on any atom is -0.344 e. The second-order valence-electron chi connectivity index (χ2n) is 5.27. The molecule has 0 unspecified atom stereocenters. The third kappa shape index (κ3) is 3.37. The lowest BCUT2D eigenvalue weighted by Gasteiger charge is -2.11. The van der Waals surface area contributed by atoms with Crippen LogP contribution in [-0.2, 0) is 17.8 Å². The Morgan fingerprint density at radius 2 is 1.88 bits per heavy atom. The molecular formula is C16H14N6O3. The molecular weight excluding hydrogens is 324 g/mol. The number of terminal acetylenes is 1. The molecule has 2 heterocycles. The molecule has 0 saturated carbocycles. The van der Waals surface area contributed by atoms with Gasteiger partial charge >= 0.3 is 0 Å². The SMILES string of the molecule is C#CCNC(=O)Cn1nnc(CCN2C(=O)c3ccccc3C2=O)n1. The van der Waals surface area contributed by atoms with Crippen LogP contribution in [0.4, 0.5) is 0 Å². The van der Waals surface area contributed by atoms with E-state index in [0.29, 0.717) is 17.0 Å². The van der Waals surface area contributed by atoms with Crippen molar-refractivity contribution < 1.29 is 14.4 Å². The number of rotatable bonds is 6. The van der Waals surface area contributed by atoms with E-state index in [1.54, 1.807) is 24.3 Å². The molecule has 2 aromatic rings. The van der Waals surface area contributed by atoms with E-state index in [-0.39, 0.29) is 43.8 Å². The third-order valence-corrected chi connectivity index (χ3v) is 3.60. The molecule has 3 amide bonds. The summed E-state index contributed by atoms with van der Waals surface area (Å²) < 4.78 is 0. The summed E-state index contributed by atoms with van der Waals surface area (Å²) in [5, 5.41) is 14.1. The summed E-state index contributed by atoms with van der Waals surface area (Å²) in [4.78, 5) is 38.3. The van der Waals surface area contributed by atoms with Gasteiger partial charge in [0.2, 0.25) is 5.91 Å². The van der Waals surface area contributed by atoms with Crippen LogP contribution in [0.1, 0.15) is 26.5 Å². The first kappa shape index (κ1) is 16.3. The number of benzene rings is 1. The molecule has 0 aliphatic carbocycles. The fourth-order valence-electron chi connectivity index (χ4n) is 2.43. The monoisotopic (exact) mass is 338 g/mol. The highest BCUT2D eigenvalue weighted by molar-refractivity contribution is 6.21. The van der Waals surface area contributed by atoms with Gasteiger partial charge in [-0.25, -0.2) is 0 Å². The summed E-state index contributed by atoms with van der Waals surface area (Å²) in [7, 11) is 0. The first-order valence-corrected chi connectivity index (χ1v) is 7.52. The molecule has 0 radical (unpaired) electrons. The van der Waals surface area contributed by atoms with Gasteiger partial charge in [-0.05, 0) is 17.3 Å². The number of tetrazole rings is 1. The van der Waals surface area contributed by atoms with Gasteiger partial charge in [-0.15, -0.1) is 16.6 Å². The van der Waals surface area contributed by atoms with E-state index in [1.165, 1.54) is 0 Å². The highest BCUT2D eigenvalue weighted by Crippen LogP contribution is 2.22. The Morgan fingerprint density at radius 3 is 2.52 bits per heavy atom. The Hall–Kier alpha value is -3.54. The molecule has 3 rings (SSSR count). The van der Waals surface area contributed by atoms with Gasteiger partial charge in [0.15, 0.2) is 5.82 Å². The summed E-state index contributed by atoms with van der Waals surface area (Å²) in [5.41, 5.74) is 0.795. The van der Waals surface area contributed by atoms with Crippen LogP contribution in [0.15, 0.2) is 24.3 Å². The number of nitrogens with zero attached hydrogens (tertiary/aromatic N) is 5. The van der Waals surface area contributed by atoms with Gasteiger partial charge in [0.05, 0.1) is 17.7 Å². The molecule has 1 N–H and O–H groups in total. The van der Waals surface area contributed by atoms with Gasteiger partial charge in [0.25, 0.3) is 11.8 Å². The quantitative estimate of drug-likeness (QED) is 0.549. The lowest BCUT2D eigenvalue weighted by molar-refractivity contribution is -0.121. The normalized spacial score (nSPS) is 12.8. The van der Waals surface area contributed by atoms with E-state index >= 15 is 0 Å². The molecule has 1 aliphatic rings. The number of aromatic nitrogens is 4. The Labute approximate surface area is 143 Å². The summed E-state index contributed by atoms with van der Waals surface area (Å²) >= 11 is 0. The van der Waals surface area contributed by atoms with E-state index in [2.05, 4.69) is 26.6 Å². The standard InChI is InChI=1S/C16H14N6O3/c1-2-8-17-14(23)10-22-19-13(18-20-22)7-9-21-15(24)11-5-3-4-6-12(11)16(21)25/h1,3-6H,7-10H2,(H,17,23). The Morgan fingerprint density at radius 1 is 1.20 bits per heavy atom. The molecule has 126 valence electrons. The molecule has 0 atom stereocenters. The Bertz CT molecular complexity index is 847. The van der Waals surface area contributed by atoms with Crippen LogP contribution < -0.4 is 5.32 Å². The predicted octanol–water partition coefficient (Wildman–Crippen LogP) is -0.739. The number of hydrogen-bond acceptors (Lipinski definition) is 6. The highest BCUT2D eigenvalue weighted by atomic mass is 16.2. The molecule has 25 heavy (non-hydrogen) atoms. The van der Waals surface area contributed by atoms with Crippen LogP contribution >= 0.6 is 0 Å². The Balaban J connectivity index is 1.58. The summed E-state index contributed by atoms with van der Waals surface area (Å²) in [6, 6.07) is 6.68. The summed E-state index contributed by atoms with van der Waals surface area (Å²) in [6.07, 6.45) is 5.30. The average Bonchev–Trinajstić information content (AvgIpc) is 3.15. The Kier molecular flexibility index (Phi) is 4.52. The maximum atomic E-state index is 12.3. The number of carbonyl (C=O) groups is 3. The third-order valence-electron chi connectivity index (χ3n) is 3.60. The van der Waals surface area contributed by atoms with E-state index in [1.807, 2.05) is 0 Å². The molecule has 0 fully saturated rings. The lowest BCUT2D eigenvalue weighted by atomic mass is 10.1. The summed E-state index contributed by atoms with van der Waals surface area (Å²) in [6.45, 7) is 0.156. The van der Waals surface area contributed by atoms with Crippen LogP contribution in [0.2, 0.25) is 0 Å². The van der Waals surface area contributed by atoms with Crippen molar-refractivity contribution in [1.82, 2.24) is 30.4 Å². The smallest absolute Gasteiger partial charge is 0.261 e. The maximum Gasteiger partial charge on any atom is 0.261 e. The molecule has 0 saturated heterocycles. The van der Waals surface area contributed by atoms with E-state index < -0.39 is 0 Å². The first-order chi connectivity index (χ1) is 12.1. The first-order valence-electron chi connectivity index (χ1n) is 7.52. The van der Waals surface area contributed by atoms with Gasteiger partial charge in [0, 0.05) is 13.0 Å². The van der Waals surface area contributed by atoms with Crippen molar-refractivity contribution in [2.45, 2.75) is 13.0 Å². The zero-order chi connectivity index (χ0) is 17.8. The minimum atomic E-state index is -0.332. The number of fused-ring (bicyclic) bond motifs is 1. The van der Waals surface area contributed by atoms with Gasteiger partial charge in [0.1, 0.15) is 6.54 Å². The number of nitrogens with one attached hydrogen (secondary N) is 1. The van der Waals surface area contributed by atoms with E-state index in [4.69, 9.17) is 6.42 Å². The van der Waals surface area contributed by atoms with Crippen LogP contribution in [0, 0.1) is 12.3 Å². The number of carbonyl (C=O) groups excluding carboxylic acids is 3. The predicted molar refractivity (Wildman–Crippen MR) is 85.2 cm³/mol. The number of imide groups is 1. The van der Waals surface area contributed by atoms with Crippen LogP contribution in [-0.4, -0.2) is 55.9 Å². The maximum absolute atomic E-state index is 12.3. The van der Waals surface area contributed by atoms with E-state index in [0.717, 1.165) is 9.70 Å². The topological polar surface area (TPSA) is 110 Å². The molecule has 9 heteroatoms. The van der Waals surface area contributed by atoms with Crippen molar-refractivity contribution in [2.75, 3.05) is 13.1 Å². The average molecular weight is 338 g/mol. The van der Waals surface area contributed by atoms with Crippen LogP contribution in [0.5, 0.6) is 0 Å². The fraction of sp³-hybridized carbons (Fsp3) is 0.250. The van der Waals surface area contributed by atoms with Gasteiger partial charge in [-0.3, -0.25) is 19.3 Å². The van der Waals surface area contributed by atoms with Gasteiger partial charge < -0.3 is 5.32 Å². The van der Waals surface area contributed by atoms with Crippen LogP contribution in [0.25, 0.3) is 0 Å². The molecule has 1 aromatic heterocycles.